The predicted octanol–water partition coefficient (Wildman–Crippen LogP) is 5.87. The lowest BCUT2D eigenvalue weighted by Crippen LogP contribution is -2.02. The molecule has 0 saturated heterocycles. The summed E-state index contributed by atoms with van der Waals surface area (Å²) in [7, 11) is 0. The fourth-order valence-corrected chi connectivity index (χ4v) is 3.36. The zero-order valence-corrected chi connectivity index (χ0v) is 17.1. The van der Waals surface area contributed by atoms with Crippen LogP contribution in [0.2, 0.25) is 0 Å². The second kappa shape index (κ2) is 8.60. The molecule has 0 bridgehead atoms. The molecule has 158 valence electrons. The van der Waals surface area contributed by atoms with Crippen LogP contribution in [-0.2, 0) is 6.61 Å². The Kier molecular flexibility index (Phi) is 5.71. The molecule has 0 aliphatic carbocycles. The van der Waals surface area contributed by atoms with Crippen molar-refractivity contribution < 1.29 is 27.8 Å². The molecule has 0 atom stereocenters. The van der Waals surface area contributed by atoms with Crippen molar-refractivity contribution in [2.45, 2.75) is 20.5 Å². The number of hydrogen-bond donors (Lipinski definition) is 0. The van der Waals surface area contributed by atoms with Gasteiger partial charge in [-0.25, -0.2) is 8.78 Å². The van der Waals surface area contributed by atoms with E-state index in [0.717, 1.165) is 11.3 Å². The first-order chi connectivity index (χ1) is 15.0. The maximum atomic E-state index is 13.8. The average Bonchev–Trinajstić information content (AvgIpc) is 3.05. The van der Waals surface area contributed by atoms with Gasteiger partial charge in [-0.05, 0) is 61.4 Å². The zero-order valence-electron chi connectivity index (χ0n) is 17.1. The van der Waals surface area contributed by atoms with Gasteiger partial charge in [-0.2, -0.15) is 0 Å². The molecule has 4 rings (SSSR count). The van der Waals surface area contributed by atoms with Crippen molar-refractivity contribution in [3.63, 3.8) is 0 Å². The van der Waals surface area contributed by atoms with Crippen LogP contribution >= 0.6 is 0 Å². The van der Waals surface area contributed by atoms with Gasteiger partial charge in [0.15, 0.2) is 5.76 Å². The SMILES string of the molecule is CCOc1ccc(/C=C2\Oc3cc(OCc4c(F)cccc4F)cc(C)c3C2=O)cc1. The fourth-order valence-electron chi connectivity index (χ4n) is 3.36. The molecule has 0 amide bonds. The molecule has 1 aliphatic rings. The molecule has 31 heavy (non-hydrogen) atoms. The van der Waals surface area contributed by atoms with Gasteiger partial charge in [0, 0.05) is 6.07 Å². The predicted molar refractivity (Wildman–Crippen MR) is 112 cm³/mol. The van der Waals surface area contributed by atoms with Crippen molar-refractivity contribution in [3.05, 3.63) is 94.2 Å². The Bertz CT molecular complexity index is 1150. The summed E-state index contributed by atoms with van der Waals surface area (Å²) in [6.45, 7) is 3.96. The quantitative estimate of drug-likeness (QED) is 0.466. The second-order valence-electron chi connectivity index (χ2n) is 7.04. The van der Waals surface area contributed by atoms with Gasteiger partial charge in [0.1, 0.15) is 35.5 Å². The number of ketones is 1. The van der Waals surface area contributed by atoms with E-state index in [4.69, 9.17) is 14.2 Å². The third-order valence-electron chi connectivity index (χ3n) is 4.88. The normalized spacial score (nSPS) is 13.8. The van der Waals surface area contributed by atoms with Gasteiger partial charge in [-0.3, -0.25) is 4.79 Å². The maximum absolute atomic E-state index is 13.8. The largest absolute Gasteiger partial charge is 0.494 e. The number of hydrogen-bond acceptors (Lipinski definition) is 4. The Labute approximate surface area is 178 Å². The number of allylic oxidation sites excluding steroid dienone is 1. The van der Waals surface area contributed by atoms with E-state index in [1.165, 1.54) is 18.2 Å². The lowest BCUT2D eigenvalue weighted by molar-refractivity contribution is 0.101. The standard InChI is InChI=1S/C25H20F2O4/c1-3-29-17-9-7-16(8-10-17)12-23-25(28)24-15(2)11-18(13-22(24)31-23)30-14-19-20(26)5-4-6-21(19)27/h4-13H,3,14H2,1-2H3/b23-12-. The van der Waals surface area contributed by atoms with Gasteiger partial charge in [0.05, 0.1) is 17.7 Å². The summed E-state index contributed by atoms with van der Waals surface area (Å²) in [5.74, 6) is 0.0677. The lowest BCUT2D eigenvalue weighted by atomic mass is 10.0. The van der Waals surface area contributed by atoms with E-state index in [0.29, 0.717) is 29.2 Å². The second-order valence-corrected chi connectivity index (χ2v) is 7.04. The van der Waals surface area contributed by atoms with E-state index in [9.17, 15) is 13.6 Å². The molecule has 6 heteroatoms. The topological polar surface area (TPSA) is 44.8 Å². The van der Waals surface area contributed by atoms with Crippen LogP contribution in [0.15, 0.2) is 60.4 Å². The average molecular weight is 422 g/mol. The highest BCUT2D eigenvalue weighted by atomic mass is 19.1. The molecule has 0 spiro atoms. The van der Waals surface area contributed by atoms with Crippen LogP contribution in [0, 0.1) is 18.6 Å². The Balaban J connectivity index is 1.54. The van der Waals surface area contributed by atoms with E-state index in [-0.39, 0.29) is 23.7 Å². The van der Waals surface area contributed by atoms with Crippen LogP contribution < -0.4 is 14.2 Å². The number of Topliss-reactive ketones (excluding diaryl/α,β-unsaturated/α-hetero) is 1. The first kappa shape index (κ1) is 20.6. The van der Waals surface area contributed by atoms with E-state index in [1.54, 1.807) is 25.1 Å². The van der Waals surface area contributed by atoms with Crippen molar-refractivity contribution in [3.8, 4) is 17.2 Å². The third kappa shape index (κ3) is 4.28. The van der Waals surface area contributed by atoms with Crippen LogP contribution in [0.5, 0.6) is 17.2 Å². The molecule has 0 unspecified atom stereocenters. The smallest absolute Gasteiger partial charge is 0.232 e. The minimum Gasteiger partial charge on any atom is -0.494 e. The van der Waals surface area contributed by atoms with Crippen molar-refractivity contribution in [2.75, 3.05) is 6.61 Å². The molecule has 3 aromatic carbocycles. The summed E-state index contributed by atoms with van der Waals surface area (Å²) in [4.78, 5) is 12.8. The Morgan fingerprint density at radius 3 is 2.35 bits per heavy atom. The zero-order chi connectivity index (χ0) is 22.0. The van der Waals surface area contributed by atoms with Gasteiger partial charge in [0.2, 0.25) is 5.78 Å². The number of carbonyl (C=O) groups excluding carboxylic acids is 1. The lowest BCUT2D eigenvalue weighted by Gasteiger charge is -2.10. The van der Waals surface area contributed by atoms with Crippen LogP contribution in [-0.4, -0.2) is 12.4 Å². The van der Waals surface area contributed by atoms with Crippen molar-refractivity contribution in [1.82, 2.24) is 0 Å². The Morgan fingerprint density at radius 2 is 1.68 bits per heavy atom. The number of ether oxygens (including phenoxy) is 3. The Hall–Kier alpha value is -3.67. The summed E-state index contributed by atoms with van der Waals surface area (Å²) >= 11 is 0. The highest BCUT2D eigenvalue weighted by Gasteiger charge is 2.30. The summed E-state index contributed by atoms with van der Waals surface area (Å²) in [6, 6.07) is 14.2. The van der Waals surface area contributed by atoms with Crippen molar-refractivity contribution in [1.29, 1.82) is 0 Å². The molecule has 0 saturated carbocycles. The highest BCUT2D eigenvalue weighted by Crippen LogP contribution is 2.38. The van der Waals surface area contributed by atoms with E-state index < -0.39 is 11.6 Å². The van der Waals surface area contributed by atoms with Crippen LogP contribution in [0.1, 0.15) is 34.0 Å². The monoisotopic (exact) mass is 422 g/mol. The molecular formula is C25H20F2O4. The van der Waals surface area contributed by atoms with E-state index in [2.05, 4.69) is 0 Å². The molecular weight excluding hydrogens is 402 g/mol. The molecule has 0 N–H and O–H groups in total. The number of halogens is 2. The summed E-state index contributed by atoms with van der Waals surface area (Å²) in [6.07, 6.45) is 1.66. The van der Waals surface area contributed by atoms with Crippen LogP contribution in [0.25, 0.3) is 6.08 Å². The minimum absolute atomic E-state index is 0.159. The molecule has 1 aliphatic heterocycles. The molecule has 4 nitrogen and oxygen atoms in total. The number of fused-ring (bicyclic) bond motifs is 1. The summed E-state index contributed by atoms with van der Waals surface area (Å²) in [5.41, 5.74) is 1.74. The van der Waals surface area contributed by atoms with Crippen LogP contribution in [0.3, 0.4) is 0 Å². The van der Waals surface area contributed by atoms with Gasteiger partial charge in [0.25, 0.3) is 0 Å². The molecule has 0 fully saturated rings. The van der Waals surface area contributed by atoms with Crippen molar-refractivity contribution in [2.24, 2.45) is 0 Å². The molecule has 1 heterocycles. The Morgan fingerprint density at radius 1 is 0.968 bits per heavy atom. The molecule has 0 radical (unpaired) electrons. The highest BCUT2D eigenvalue weighted by molar-refractivity contribution is 6.15. The first-order valence-electron chi connectivity index (χ1n) is 9.83. The number of carbonyl (C=O) groups is 1. The molecule has 3 aromatic rings. The summed E-state index contributed by atoms with van der Waals surface area (Å²) < 4.78 is 44.4. The third-order valence-corrected chi connectivity index (χ3v) is 4.88. The fraction of sp³-hybridized carbons (Fsp3) is 0.160. The van der Waals surface area contributed by atoms with Gasteiger partial charge < -0.3 is 14.2 Å². The van der Waals surface area contributed by atoms with Crippen LogP contribution in [0.4, 0.5) is 8.78 Å². The molecule has 0 aromatic heterocycles. The van der Waals surface area contributed by atoms with Gasteiger partial charge in [-0.15, -0.1) is 0 Å². The number of aryl methyl sites for hydroxylation is 1. The van der Waals surface area contributed by atoms with E-state index in [1.807, 2.05) is 31.2 Å². The van der Waals surface area contributed by atoms with E-state index >= 15 is 0 Å². The number of rotatable bonds is 6. The minimum atomic E-state index is -0.676. The van der Waals surface area contributed by atoms with Gasteiger partial charge in [-0.1, -0.05) is 18.2 Å². The maximum Gasteiger partial charge on any atom is 0.232 e. The van der Waals surface area contributed by atoms with Gasteiger partial charge >= 0.3 is 0 Å². The summed E-state index contributed by atoms with van der Waals surface area (Å²) in [5, 5.41) is 0. The number of benzene rings is 3. The first-order valence-corrected chi connectivity index (χ1v) is 9.83. The van der Waals surface area contributed by atoms with Crippen molar-refractivity contribution >= 4 is 11.9 Å².